The number of hydrazone groups is 1. The van der Waals surface area contributed by atoms with Gasteiger partial charge in [-0.05, 0) is 18.1 Å². The first-order valence-corrected chi connectivity index (χ1v) is 9.44. The summed E-state index contributed by atoms with van der Waals surface area (Å²) < 4.78 is 12.3. The average molecular weight is 340 g/mol. The lowest BCUT2D eigenvalue weighted by atomic mass is 10.1. The Hall–Kier alpha value is -2.27. The Morgan fingerprint density at radius 3 is 2.71 bits per heavy atom. The van der Waals surface area contributed by atoms with Crippen LogP contribution in [0.25, 0.3) is 0 Å². The van der Waals surface area contributed by atoms with Crippen LogP contribution in [0.3, 0.4) is 0 Å². The van der Waals surface area contributed by atoms with Gasteiger partial charge in [0.2, 0.25) is 0 Å². The number of carbonyl (C=O) groups excluding carboxylic acids is 1. The Balaban J connectivity index is 1.59. The molecule has 1 heterocycles. The molecule has 2 aromatic carbocycles. The van der Waals surface area contributed by atoms with Gasteiger partial charge in [-0.1, -0.05) is 60.2 Å². The highest BCUT2D eigenvalue weighted by molar-refractivity contribution is 7.84. The van der Waals surface area contributed by atoms with Gasteiger partial charge in [0.05, 0.1) is 12.3 Å². The van der Waals surface area contributed by atoms with E-state index in [9.17, 15) is 9.00 Å². The molecular formula is C19H20N2O2S. The molecule has 24 heavy (non-hydrogen) atoms. The van der Waals surface area contributed by atoms with Crippen molar-refractivity contribution in [3.05, 3.63) is 71.3 Å². The zero-order valence-corrected chi connectivity index (χ0v) is 14.5. The normalized spacial score (nSPS) is 15.2. The summed E-state index contributed by atoms with van der Waals surface area (Å²) >= 11 is 0. The second kappa shape index (κ2) is 7.53. The van der Waals surface area contributed by atoms with E-state index in [1.807, 2.05) is 61.5 Å². The Kier molecular flexibility index (Phi) is 5.20. The Morgan fingerprint density at radius 1 is 1.17 bits per heavy atom. The zero-order valence-electron chi connectivity index (χ0n) is 13.6. The smallest absolute Gasteiger partial charge is 0.255 e. The first-order chi connectivity index (χ1) is 11.6. The number of hydrogen-bond acceptors (Lipinski definition) is 3. The minimum atomic E-state index is -1.22. The number of aryl methyl sites for hydroxylation is 1. The highest BCUT2D eigenvalue weighted by Crippen LogP contribution is 2.14. The van der Waals surface area contributed by atoms with Crippen LogP contribution < -0.4 is 0 Å². The monoisotopic (exact) mass is 340 g/mol. The minimum Gasteiger partial charge on any atom is -0.272 e. The molecule has 0 aliphatic carbocycles. The quantitative estimate of drug-likeness (QED) is 0.840. The van der Waals surface area contributed by atoms with Crippen LogP contribution in [0.15, 0.2) is 59.7 Å². The van der Waals surface area contributed by atoms with Crippen LogP contribution in [-0.4, -0.2) is 33.1 Å². The molecule has 1 atom stereocenters. The maximum Gasteiger partial charge on any atom is 0.255 e. The van der Waals surface area contributed by atoms with E-state index in [1.54, 1.807) is 0 Å². The van der Waals surface area contributed by atoms with Crippen LogP contribution in [0, 0.1) is 6.92 Å². The van der Waals surface area contributed by atoms with Crippen LogP contribution >= 0.6 is 0 Å². The summed E-state index contributed by atoms with van der Waals surface area (Å²) in [7, 11) is -1.22. The Labute approximate surface area is 144 Å². The van der Waals surface area contributed by atoms with Gasteiger partial charge >= 0.3 is 0 Å². The molecule has 0 saturated heterocycles. The molecule has 1 aliphatic heterocycles. The zero-order chi connectivity index (χ0) is 16.9. The number of hydrogen-bond donors (Lipinski definition) is 0. The summed E-state index contributed by atoms with van der Waals surface area (Å²) in [5.41, 5.74) is 4.07. The second-order valence-electron chi connectivity index (χ2n) is 5.90. The molecule has 1 aliphatic rings. The van der Waals surface area contributed by atoms with E-state index >= 15 is 0 Å². The number of amides is 1. The standard InChI is InChI=1S/C19H20N2O2S/c1-15-6-5-7-16(12-15)13-24(23)14-19(22)21-11-10-18(20-21)17-8-3-2-4-9-17/h2-9,12H,10-11,13-14H2,1H3/t24-/m1/s1. The van der Waals surface area contributed by atoms with E-state index in [4.69, 9.17) is 0 Å². The molecule has 0 radical (unpaired) electrons. The van der Waals surface area contributed by atoms with Gasteiger partial charge in [-0.3, -0.25) is 9.00 Å². The van der Waals surface area contributed by atoms with Crippen molar-refractivity contribution in [2.24, 2.45) is 5.10 Å². The van der Waals surface area contributed by atoms with E-state index in [-0.39, 0.29) is 11.7 Å². The molecule has 0 fully saturated rings. The van der Waals surface area contributed by atoms with Crippen LogP contribution in [0.4, 0.5) is 0 Å². The van der Waals surface area contributed by atoms with E-state index in [0.29, 0.717) is 12.3 Å². The summed E-state index contributed by atoms with van der Waals surface area (Å²) in [6, 6.07) is 17.7. The topological polar surface area (TPSA) is 49.7 Å². The van der Waals surface area contributed by atoms with E-state index in [1.165, 1.54) is 5.01 Å². The lowest BCUT2D eigenvalue weighted by Crippen LogP contribution is -2.28. The SMILES string of the molecule is Cc1cccc(C[S@@](=O)CC(=O)N2CCC(c3ccccc3)=N2)c1. The predicted octanol–water partition coefficient (Wildman–Crippen LogP) is 2.88. The van der Waals surface area contributed by atoms with Crippen molar-refractivity contribution in [2.45, 2.75) is 19.1 Å². The van der Waals surface area contributed by atoms with Crippen molar-refractivity contribution >= 4 is 22.4 Å². The van der Waals surface area contributed by atoms with E-state index in [2.05, 4.69) is 5.10 Å². The number of benzene rings is 2. The lowest BCUT2D eigenvalue weighted by molar-refractivity contribution is -0.127. The molecule has 3 rings (SSSR count). The molecule has 0 bridgehead atoms. The molecule has 2 aromatic rings. The van der Waals surface area contributed by atoms with Crippen molar-refractivity contribution in [2.75, 3.05) is 12.3 Å². The minimum absolute atomic E-state index is 0.0134. The van der Waals surface area contributed by atoms with Crippen molar-refractivity contribution in [3.8, 4) is 0 Å². The maximum absolute atomic E-state index is 12.3. The molecule has 0 saturated carbocycles. The number of rotatable bonds is 5. The van der Waals surface area contributed by atoms with Crippen LogP contribution in [-0.2, 0) is 21.3 Å². The molecule has 0 aromatic heterocycles. The Bertz CT molecular complexity index is 787. The largest absolute Gasteiger partial charge is 0.272 e. The first kappa shape index (κ1) is 16.6. The number of carbonyl (C=O) groups is 1. The Morgan fingerprint density at radius 2 is 1.96 bits per heavy atom. The summed E-state index contributed by atoms with van der Waals surface area (Å²) in [4.78, 5) is 12.3. The van der Waals surface area contributed by atoms with Gasteiger partial charge in [0.25, 0.3) is 5.91 Å². The summed E-state index contributed by atoms with van der Waals surface area (Å²) in [5.74, 6) is 0.239. The van der Waals surface area contributed by atoms with Crippen molar-refractivity contribution in [1.29, 1.82) is 0 Å². The van der Waals surface area contributed by atoms with Gasteiger partial charge in [0.15, 0.2) is 0 Å². The summed E-state index contributed by atoms with van der Waals surface area (Å²) in [6.45, 7) is 2.56. The van der Waals surface area contributed by atoms with Crippen molar-refractivity contribution in [1.82, 2.24) is 5.01 Å². The fourth-order valence-electron chi connectivity index (χ4n) is 2.72. The molecular weight excluding hydrogens is 320 g/mol. The molecule has 0 N–H and O–H groups in total. The van der Waals surface area contributed by atoms with E-state index < -0.39 is 10.8 Å². The van der Waals surface area contributed by atoms with Gasteiger partial charge in [-0.25, -0.2) is 5.01 Å². The average Bonchev–Trinajstić information content (AvgIpc) is 3.05. The third-order valence-electron chi connectivity index (χ3n) is 3.89. The molecule has 5 heteroatoms. The maximum atomic E-state index is 12.3. The van der Waals surface area contributed by atoms with Crippen molar-refractivity contribution in [3.63, 3.8) is 0 Å². The molecule has 1 amide bonds. The van der Waals surface area contributed by atoms with Gasteiger partial charge in [0, 0.05) is 23.0 Å². The van der Waals surface area contributed by atoms with Gasteiger partial charge < -0.3 is 0 Å². The summed E-state index contributed by atoms with van der Waals surface area (Å²) in [6.07, 6.45) is 0.736. The molecule has 4 nitrogen and oxygen atoms in total. The molecule has 0 unspecified atom stereocenters. The van der Waals surface area contributed by atoms with Crippen molar-refractivity contribution < 1.29 is 9.00 Å². The lowest BCUT2D eigenvalue weighted by Gasteiger charge is -2.11. The van der Waals surface area contributed by atoms with Crippen LogP contribution in [0.2, 0.25) is 0 Å². The molecule has 124 valence electrons. The molecule has 0 spiro atoms. The van der Waals surface area contributed by atoms with Gasteiger partial charge in [0.1, 0.15) is 5.75 Å². The van der Waals surface area contributed by atoms with Gasteiger partial charge in [-0.2, -0.15) is 5.10 Å². The van der Waals surface area contributed by atoms with Crippen LogP contribution in [0.5, 0.6) is 0 Å². The third-order valence-corrected chi connectivity index (χ3v) is 5.12. The van der Waals surface area contributed by atoms with Gasteiger partial charge in [-0.15, -0.1) is 0 Å². The third kappa shape index (κ3) is 4.17. The highest BCUT2D eigenvalue weighted by Gasteiger charge is 2.22. The number of nitrogens with zero attached hydrogens (tertiary/aromatic N) is 2. The fourth-order valence-corrected chi connectivity index (χ4v) is 3.80. The highest BCUT2D eigenvalue weighted by atomic mass is 32.2. The van der Waals surface area contributed by atoms with E-state index in [0.717, 1.165) is 28.8 Å². The van der Waals surface area contributed by atoms with Crippen LogP contribution in [0.1, 0.15) is 23.1 Å². The second-order valence-corrected chi connectivity index (χ2v) is 7.35. The predicted molar refractivity (Wildman–Crippen MR) is 97.2 cm³/mol. The summed E-state index contributed by atoms with van der Waals surface area (Å²) in [5, 5.41) is 5.85. The fraction of sp³-hybridized carbons (Fsp3) is 0.263. The first-order valence-electron chi connectivity index (χ1n) is 7.95.